The molecule has 0 saturated heterocycles. The summed E-state index contributed by atoms with van der Waals surface area (Å²) in [6.07, 6.45) is 1.86. The second-order valence-electron chi connectivity index (χ2n) is 10.1. The molecule has 0 spiro atoms. The summed E-state index contributed by atoms with van der Waals surface area (Å²) in [7, 11) is 1.20. The van der Waals surface area contributed by atoms with Crippen molar-refractivity contribution in [3.63, 3.8) is 0 Å². The number of benzene rings is 1. The summed E-state index contributed by atoms with van der Waals surface area (Å²) in [4.78, 5) is 64.8. The van der Waals surface area contributed by atoms with Crippen molar-refractivity contribution in [1.29, 1.82) is 0 Å². The highest BCUT2D eigenvalue weighted by atomic mass is 16.6. The molecule has 0 saturated carbocycles. The Morgan fingerprint density at radius 2 is 1.76 bits per heavy atom. The number of alkyl carbamates (subject to hydrolysis) is 1. The van der Waals surface area contributed by atoms with Gasteiger partial charge in [-0.15, -0.1) is 0 Å². The molecule has 0 aliphatic carbocycles. The maximum Gasteiger partial charge on any atom is 0.408 e. The summed E-state index contributed by atoms with van der Waals surface area (Å²) >= 11 is 0. The van der Waals surface area contributed by atoms with Crippen LogP contribution in [0.15, 0.2) is 24.3 Å². The topological polar surface area (TPSA) is 157 Å². The summed E-state index contributed by atoms with van der Waals surface area (Å²) in [6, 6.07) is 4.55. The van der Waals surface area contributed by atoms with E-state index in [-0.39, 0.29) is 6.54 Å². The van der Waals surface area contributed by atoms with Gasteiger partial charge < -0.3 is 30.7 Å². The first kappa shape index (κ1) is 32.4. The highest BCUT2D eigenvalue weighted by Gasteiger charge is 2.37. The van der Waals surface area contributed by atoms with E-state index in [1.807, 2.05) is 19.9 Å². The lowest BCUT2D eigenvalue weighted by Crippen LogP contribution is -2.54. The van der Waals surface area contributed by atoms with Gasteiger partial charge in [0.2, 0.25) is 17.7 Å². The normalized spacial score (nSPS) is 12.6. The van der Waals surface area contributed by atoms with Crippen molar-refractivity contribution >= 4 is 29.8 Å². The second-order valence-corrected chi connectivity index (χ2v) is 10.1. The first-order valence-electron chi connectivity index (χ1n) is 12.8. The SMILES string of the molecule is CCCCCCN(C(=O)C(CC(N)=O)NC(=O)OC(C)(C)C)C(C(=O)NCC(=O)OC)c1cccc(C)c1. The zero-order valence-corrected chi connectivity index (χ0v) is 23.3. The lowest BCUT2D eigenvalue weighted by Gasteiger charge is -2.34. The molecule has 0 radical (unpaired) electrons. The van der Waals surface area contributed by atoms with Crippen LogP contribution in [0.4, 0.5) is 4.79 Å². The molecule has 4 N–H and O–H groups in total. The van der Waals surface area contributed by atoms with Crippen LogP contribution in [0.3, 0.4) is 0 Å². The number of methoxy groups -OCH3 is 1. The molecule has 2 atom stereocenters. The number of rotatable bonds is 14. The molecule has 0 aliphatic rings. The number of amides is 4. The molecule has 0 heterocycles. The van der Waals surface area contributed by atoms with Gasteiger partial charge in [-0.25, -0.2) is 4.79 Å². The summed E-state index contributed by atoms with van der Waals surface area (Å²) in [5, 5.41) is 4.97. The molecule has 0 bridgehead atoms. The van der Waals surface area contributed by atoms with Crippen molar-refractivity contribution in [3.05, 3.63) is 35.4 Å². The van der Waals surface area contributed by atoms with Crippen molar-refractivity contribution in [2.75, 3.05) is 20.2 Å². The molecule has 0 fully saturated rings. The first-order chi connectivity index (χ1) is 17.8. The molecule has 2 unspecified atom stereocenters. The van der Waals surface area contributed by atoms with Crippen LogP contribution in [0.1, 0.15) is 77.0 Å². The van der Waals surface area contributed by atoms with Crippen LogP contribution >= 0.6 is 0 Å². The zero-order valence-electron chi connectivity index (χ0n) is 23.3. The number of unbranched alkanes of at least 4 members (excludes halogenated alkanes) is 3. The van der Waals surface area contributed by atoms with Gasteiger partial charge in [-0.2, -0.15) is 0 Å². The number of hydrogen-bond acceptors (Lipinski definition) is 7. The lowest BCUT2D eigenvalue weighted by atomic mass is 9.99. The monoisotopic (exact) mass is 534 g/mol. The van der Waals surface area contributed by atoms with Crippen LogP contribution in [0, 0.1) is 6.92 Å². The fraction of sp³-hybridized carbons (Fsp3) is 0.593. The molecular weight excluding hydrogens is 492 g/mol. The van der Waals surface area contributed by atoms with Crippen molar-refractivity contribution in [3.8, 4) is 0 Å². The van der Waals surface area contributed by atoms with E-state index in [0.29, 0.717) is 12.0 Å². The van der Waals surface area contributed by atoms with Crippen LogP contribution < -0.4 is 16.4 Å². The number of carbonyl (C=O) groups excluding carboxylic acids is 5. The second kappa shape index (κ2) is 15.6. The maximum absolute atomic E-state index is 13.9. The number of primary amides is 1. The van der Waals surface area contributed by atoms with E-state index in [2.05, 4.69) is 15.4 Å². The Kier molecular flexibility index (Phi) is 13.3. The number of nitrogens with two attached hydrogens (primary N) is 1. The van der Waals surface area contributed by atoms with Crippen LogP contribution in [0.25, 0.3) is 0 Å². The van der Waals surface area contributed by atoms with Crippen molar-refractivity contribution in [2.45, 2.75) is 84.4 Å². The number of nitrogens with zero attached hydrogens (tertiary/aromatic N) is 1. The highest BCUT2D eigenvalue weighted by Crippen LogP contribution is 2.25. The Bertz CT molecular complexity index is 974. The van der Waals surface area contributed by atoms with Crippen LogP contribution in [0.5, 0.6) is 0 Å². The number of esters is 1. The first-order valence-corrected chi connectivity index (χ1v) is 12.8. The minimum Gasteiger partial charge on any atom is -0.468 e. The largest absolute Gasteiger partial charge is 0.468 e. The average molecular weight is 535 g/mol. The third-order valence-corrected chi connectivity index (χ3v) is 5.48. The van der Waals surface area contributed by atoms with Gasteiger partial charge in [0.25, 0.3) is 0 Å². The number of carbonyl (C=O) groups is 5. The Balaban J connectivity index is 3.49. The third-order valence-electron chi connectivity index (χ3n) is 5.48. The van der Waals surface area contributed by atoms with E-state index in [1.165, 1.54) is 12.0 Å². The minimum absolute atomic E-state index is 0.161. The molecule has 1 aromatic carbocycles. The Morgan fingerprint density at radius 3 is 2.32 bits per heavy atom. The standard InChI is InChI=1S/C27H42N4O7/c1-7-8-9-10-14-31(25(35)20(16-21(28)32)30-26(36)38-27(3,4)5)23(19-13-11-12-18(2)15-19)24(34)29-17-22(33)37-6/h11-13,15,20,23H,7-10,14,16-17H2,1-6H3,(H2,28,32)(H,29,34)(H,30,36). The molecule has 1 aromatic rings. The molecule has 1 rings (SSSR count). The molecule has 0 aliphatic heterocycles. The Hall–Kier alpha value is -3.63. The predicted molar refractivity (Wildman–Crippen MR) is 142 cm³/mol. The van der Waals surface area contributed by atoms with Gasteiger partial charge in [0.1, 0.15) is 24.2 Å². The quantitative estimate of drug-likeness (QED) is 0.244. The van der Waals surface area contributed by atoms with Gasteiger partial charge in [0.15, 0.2) is 0 Å². The fourth-order valence-electron chi connectivity index (χ4n) is 3.77. The van der Waals surface area contributed by atoms with Gasteiger partial charge in [0, 0.05) is 6.54 Å². The van der Waals surface area contributed by atoms with E-state index in [0.717, 1.165) is 24.8 Å². The Morgan fingerprint density at radius 1 is 1.08 bits per heavy atom. The highest BCUT2D eigenvalue weighted by molar-refractivity contribution is 5.95. The molecular formula is C27H42N4O7. The predicted octanol–water partition coefficient (Wildman–Crippen LogP) is 2.50. The average Bonchev–Trinajstić information content (AvgIpc) is 2.81. The van der Waals surface area contributed by atoms with Gasteiger partial charge in [-0.1, -0.05) is 56.0 Å². The van der Waals surface area contributed by atoms with E-state index in [1.54, 1.807) is 39.0 Å². The lowest BCUT2D eigenvalue weighted by molar-refractivity contribution is -0.145. The van der Waals surface area contributed by atoms with Crippen molar-refractivity contribution in [2.24, 2.45) is 5.73 Å². The van der Waals surface area contributed by atoms with E-state index < -0.39 is 60.4 Å². The van der Waals surface area contributed by atoms with Gasteiger partial charge in [-0.3, -0.25) is 19.2 Å². The summed E-state index contributed by atoms with van der Waals surface area (Å²) in [5.74, 6) is -2.75. The van der Waals surface area contributed by atoms with E-state index >= 15 is 0 Å². The van der Waals surface area contributed by atoms with Crippen LogP contribution in [0.2, 0.25) is 0 Å². The summed E-state index contributed by atoms with van der Waals surface area (Å²) in [5.41, 5.74) is 5.92. The number of nitrogens with one attached hydrogen (secondary N) is 2. The summed E-state index contributed by atoms with van der Waals surface area (Å²) < 4.78 is 9.90. The molecule has 0 aromatic heterocycles. The number of hydrogen-bond donors (Lipinski definition) is 3. The number of ether oxygens (including phenoxy) is 2. The molecule has 38 heavy (non-hydrogen) atoms. The van der Waals surface area contributed by atoms with Gasteiger partial charge in [-0.05, 0) is 39.7 Å². The minimum atomic E-state index is -1.37. The van der Waals surface area contributed by atoms with E-state index in [4.69, 9.17) is 10.5 Å². The fourth-order valence-corrected chi connectivity index (χ4v) is 3.77. The molecule has 11 nitrogen and oxygen atoms in total. The zero-order chi connectivity index (χ0) is 28.9. The molecule has 212 valence electrons. The van der Waals surface area contributed by atoms with Crippen molar-refractivity contribution < 1.29 is 33.4 Å². The summed E-state index contributed by atoms with van der Waals surface area (Å²) in [6.45, 7) is 8.65. The third kappa shape index (κ3) is 11.6. The van der Waals surface area contributed by atoms with Crippen molar-refractivity contribution in [1.82, 2.24) is 15.5 Å². The van der Waals surface area contributed by atoms with Crippen LogP contribution in [-0.4, -0.2) is 66.5 Å². The molecule has 4 amide bonds. The van der Waals surface area contributed by atoms with Crippen LogP contribution in [-0.2, 0) is 28.7 Å². The van der Waals surface area contributed by atoms with E-state index in [9.17, 15) is 24.0 Å². The number of aryl methyl sites for hydroxylation is 1. The van der Waals surface area contributed by atoms with Gasteiger partial charge in [0.05, 0.1) is 13.5 Å². The smallest absolute Gasteiger partial charge is 0.408 e. The maximum atomic E-state index is 13.9. The Labute approximate surface area is 224 Å². The van der Waals surface area contributed by atoms with Gasteiger partial charge >= 0.3 is 12.1 Å². The molecule has 11 heteroatoms.